The molecule has 0 atom stereocenters. The van der Waals surface area contributed by atoms with Crippen molar-refractivity contribution in [3.8, 4) is 0 Å². The standard InChI is InChI=1S/C18H30N2/c1-18(2,3)19-12-7-4-8-13-20-14-11-16-9-5-6-10-17(16)15-20/h5-6,9-10,19H,4,7-8,11-15H2,1-3H3. The van der Waals surface area contributed by atoms with E-state index in [1.165, 1.54) is 44.3 Å². The smallest absolute Gasteiger partial charge is 0.0236 e. The van der Waals surface area contributed by atoms with Crippen molar-refractivity contribution in [2.75, 3.05) is 19.6 Å². The van der Waals surface area contributed by atoms with Gasteiger partial charge in [-0.05, 0) is 64.3 Å². The average molecular weight is 274 g/mol. The minimum Gasteiger partial charge on any atom is -0.312 e. The molecule has 1 N–H and O–H groups in total. The number of benzene rings is 1. The Morgan fingerprint density at radius 3 is 2.55 bits per heavy atom. The molecule has 112 valence electrons. The largest absolute Gasteiger partial charge is 0.312 e. The van der Waals surface area contributed by atoms with E-state index in [4.69, 9.17) is 0 Å². The van der Waals surface area contributed by atoms with E-state index >= 15 is 0 Å². The first-order chi connectivity index (χ1) is 9.54. The summed E-state index contributed by atoms with van der Waals surface area (Å²) in [6, 6.07) is 8.90. The Bertz CT molecular complexity index is 406. The predicted molar refractivity (Wildman–Crippen MR) is 87.0 cm³/mol. The van der Waals surface area contributed by atoms with Crippen LogP contribution in [-0.4, -0.2) is 30.1 Å². The lowest BCUT2D eigenvalue weighted by atomic mass is 10.00. The monoisotopic (exact) mass is 274 g/mol. The summed E-state index contributed by atoms with van der Waals surface area (Å²) in [5, 5.41) is 3.56. The molecule has 0 bridgehead atoms. The van der Waals surface area contributed by atoms with Gasteiger partial charge >= 0.3 is 0 Å². The zero-order valence-corrected chi connectivity index (χ0v) is 13.4. The van der Waals surface area contributed by atoms with E-state index in [9.17, 15) is 0 Å². The lowest BCUT2D eigenvalue weighted by Gasteiger charge is -2.28. The fourth-order valence-electron chi connectivity index (χ4n) is 2.85. The molecule has 0 aromatic heterocycles. The molecule has 2 nitrogen and oxygen atoms in total. The van der Waals surface area contributed by atoms with Gasteiger partial charge in [-0.2, -0.15) is 0 Å². The van der Waals surface area contributed by atoms with Crippen LogP contribution in [0.15, 0.2) is 24.3 Å². The Balaban J connectivity index is 1.60. The van der Waals surface area contributed by atoms with Crippen LogP contribution in [0, 0.1) is 0 Å². The molecule has 1 aromatic carbocycles. The zero-order valence-electron chi connectivity index (χ0n) is 13.4. The quantitative estimate of drug-likeness (QED) is 0.797. The van der Waals surface area contributed by atoms with Gasteiger partial charge in [0.1, 0.15) is 0 Å². The highest BCUT2D eigenvalue weighted by molar-refractivity contribution is 5.28. The van der Waals surface area contributed by atoms with Crippen LogP contribution in [0.1, 0.15) is 51.2 Å². The van der Waals surface area contributed by atoms with E-state index in [1.807, 2.05) is 0 Å². The summed E-state index contributed by atoms with van der Waals surface area (Å²) in [7, 11) is 0. The molecule has 1 heterocycles. The summed E-state index contributed by atoms with van der Waals surface area (Å²) >= 11 is 0. The fourth-order valence-corrected chi connectivity index (χ4v) is 2.85. The third-order valence-corrected chi connectivity index (χ3v) is 4.02. The maximum atomic E-state index is 3.56. The molecular formula is C18H30N2. The lowest BCUT2D eigenvalue weighted by molar-refractivity contribution is 0.247. The summed E-state index contributed by atoms with van der Waals surface area (Å²) in [6.45, 7) is 11.5. The first-order valence-electron chi connectivity index (χ1n) is 8.09. The van der Waals surface area contributed by atoms with E-state index in [-0.39, 0.29) is 5.54 Å². The van der Waals surface area contributed by atoms with Crippen molar-refractivity contribution >= 4 is 0 Å². The summed E-state index contributed by atoms with van der Waals surface area (Å²) in [4.78, 5) is 2.61. The first-order valence-corrected chi connectivity index (χ1v) is 8.09. The number of hydrogen-bond acceptors (Lipinski definition) is 2. The van der Waals surface area contributed by atoms with Crippen LogP contribution >= 0.6 is 0 Å². The van der Waals surface area contributed by atoms with Crippen molar-refractivity contribution in [3.05, 3.63) is 35.4 Å². The van der Waals surface area contributed by atoms with Crippen molar-refractivity contribution in [1.82, 2.24) is 10.2 Å². The van der Waals surface area contributed by atoms with E-state index < -0.39 is 0 Å². The zero-order chi connectivity index (χ0) is 14.4. The molecule has 20 heavy (non-hydrogen) atoms. The summed E-state index contributed by atoms with van der Waals surface area (Å²) in [5.41, 5.74) is 3.35. The highest BCUT2D eigenvalue weighted by atomic mass is 15.1. The minimum absolute atomic E-state index is 0.260. The van der Waals surface area contributed by atoms with Crippen molar-refractivity contribution in [1.29, 1.82) is 0 Å². The highest BCUT2D eigenvalue weighted by Gasteiger charge is 2.14. The Labute approximate surface area is 124 Å². The molecule has 2 heteroatoms. The van der Waals surface area contributed by atoms with Gasteiger partial charge in [-0.25, -0.2) is 0 Å². The summed E-state index contributed by atoms with van der Waals surface area (Å²) < 4.78 is 0. The number of unbranched alkanes of at least 4 members (excludes halogenated alkanes) is 2. The van der Waals surface area contributed by atoms with Gasteiger partial charge in [-0.1, -0.05) is 30.7 Å². The number of hydrogen-bond donors (Lipinski definition) is 1. The molecule has 0 saturated heterocycles. The molecule has 1 aromatic rings. The fraction of sp³-hybridized carbons (Fsp3) is 0.667. The second-order valence-corrected chi connectivity index (χ2v) is 7.03. The molecule has 2 rings (SSSR count). The van der Waals surface area contributed by atoms with Crippen LogP contribution in [0.25, 0.3) is 0 Å². The van der Waals surface area contributed by atoms with Crippen LogP contribution in [0.2, 0.25) is 0 Å². The Morgan fingerprint density at radius 1 is 1.05 bits per heavy atom. The third kappa shape index (κ3) is 5.26. The molecule has 1 aliphatic heterocycles. The topological polar surface area (TPSA) is 15.3 Å². The number of nitrogens with one attached hydrogen (secondary N) is 1. The Morgan fingerprint density at radius 2 is 1.80 bits per heavy atom. The highest BCUT2D eigenvalue weighted by Crippen LogP contribution is 2.18. The Hall–Kier alpha value is -0.860. The Kier molecular flexibility index (Phi) is 5.62. The van der Waals surface area contributed by atoms with E-state index in [1.54, 1.807) is 5.56 Å². The van der Waals surface area contributed by atoms with E-state index in [0.717, 1.165) is 13.1 Å². The molecular weight excluding hydrogens is 244 g/mol. The van der Waals surface area contributed by atoms with Gasteiger partial charge in [0.05, 0.1) is 0 Å². The van der Waals surface area contributed by atoms with Gasteiger partial charge < -0.3 is 5.32 Å². The van der Waals surface area contributed by atoms with Crippen LogP contribution < -0.4 is 5.32 Å². The maximum Gasteiger partial charge on any atom is 0.0236 e. The SMILES string of the molecule is CC(C)(C)NCCCCCN1CCc2ccccc2C1. The molecule has 0 unspecified atom stereocenters. The molecule has 0 radical (unpaired) electrons. The van der Waals surface area contributed by atoms with Crippen LogP contribution in [0.5, 0.6) is 0 Å². The first kappa shape index (κ1) is 15.5. The van der Waals surface area contributed by atoms with Crippen LogP contribution in [-0.2, 0) is 13.0 Å². The van der Waals surface area contributed by atoms with Crippen LogP contribution in [0.3, 0.4) is 0 Å². The van der Waals surface area contributed by atoms with Gasteiger partial charge in [0.15, 0.2) is 0 Å². The van der Waals surface area contributed by atoms with Gasteiger partial charge in [0.25, 0.3) is 0 Å². The predicted octanol–water partition coefficient (Wildman–Crippen LogP) is 3.60. The number of fused-ring (bicyclic) bond motifs is 1. The molecule has 0 spiro atoms. The van der Waals surface area contributed by atoms with Gasteiger partial charge in [0.2, 0.25) is 0 Å². The number of nitrogens with zero attached hydrogens (tertiary/aromatic N) is 1. The van der Waals surface area contributed by atoms with Crippen molar-refractivity contribution in [2.45, 2.75) is 58.5 Å². The normalized spacial score (nSPS) is 16.1. The second kappa shape index (κ2) is 7.24. The van der Waals surface area contributed by atoms with Gasteiger partial charge in [-0.15, -0.1) is 0 Å². The second-order valence-electron chi connectivity index (χ2n) is 7.03. The summed E-state index contributed by atoms with van der Waals surface area (Å²) in [5.74, 6) is 0. The van der Waals surface area contributed by atoms with Crippen molar-refractivity contribution in [3.63, 3.8) is 0 Å². The van der Waals surface area contributed by atoms with Crippen molar-refractivity contribution in [2.24, 2.45) is 0 Å². The van der Waals surface area contributed by atoms with Gasteiger partial charge in [0, 0.05) is 18.6 Å². The lowest BCUT2D eigenvalue weighted by Crippen LogP contribution is -2.36. The number of rotatable bonds is 6. The molecule has 0 fully saturated rings. The summed E-state index contributed by atoms with van der Waals surface area (Å²) in [6.07, 6.45) is 5.18. The van der Waals surface area contributed by atoms with E-state index in [0.29, 0.717) is 0 Å². The molecule has 0 amide bonds. The van der Waals surface area contributed by atoms with Crippen molar-refractivity contribution < 1.29 is 0 Å². The average Bonchev–Trinajstić information content (AvgIpc) is 2.41. The minimum atomic E-state index is 0.260. The molecule has 0 saturated carbocycles. The molecule has 1 aliphatic rings. The maximum absolute atomic E-state index is 3.56. The van der Waals surface area contributed by atoms with Crippen LogP contribution in [0.4, 0.5) is 0 Å². The van der Waals surface area contributed by atoms with Gasteiger partial charge in [-0.3, -0.25) is 4.90 Å². The van der Waals surface area contributed by atoms with E-state index in [2.05, 4.69) is 55.3 Å². The molecule has 0 aliphatic carbocycles. The third-order valence-electron chi connectivity index (χ3n) is 4.02.